The van der Waals surface area contributed by atoms with Gasteiger partial charge in [0.05, 0.1) is 5.69 Å². The van der Waals surface area contributed by atoms with E-state index in [2.05, 4.69) is 20.3 Å². The zero-order chi connectivity index (χ0) is 14.4. The Kier molecular flexibility index (Phi) is 3.72. The van der Waals surface area contributed by atoms with E-state index in [0.717, 1.165) is 0 Å². The van der Waals surface area contributed by atoms with Crippen molar-refractivity contribution in [3.05, 3.63) is 22.7 Å². The lowest BCUT2D eigenvalue weighted by Crippen LogP contribution is -2.45. The fraction of sp³-hybridized carbons (Fsp3) is 0.417. The summed E-state index contributed by atoms with van der Waals surface area (Å²) in [6.07, 6.45) is 0. The first kappa shape index (κ1) is 14.5. The van der Waals surface area contributed by atoms with Crippen molar-refractivity contribution in [3.8, 4) is 0 Å². The number of hydrogen-bond acceptors (Lipinski definition) is 4. The smallest absolute Gasteiger partial charge is 0.264 e. The zero-order valence-corrected chi connectivity index (χ0v) is 13.4. The number of sulfonamides is 1. The minimum atomic E-state index is -3.69. The van der Waals surface area contributed by atoms with Gasteiger partial charge >= 0.3 is 0 Å². The van der Waals surface area contributed by atoms with Crippen molar-refractivity contribution < 1.29 is 8.42 Å². The van der Waals surface area contributed by atoms with E-state index >= 15 is 0 Å². The molecule has 2 rings (SSSR count). The minimum Gasteiger partial charge on any atom is -0.264 e. The maximum atomic E-state index is 12.2. The predicted molar refractivity (Wildman–Crippen MR) is 79.4 cm³/mol. The van der Waals surface area contributed by atoms with E-state index < -0.39 is 10.0 Å². The average molecular weight is 346 g/mol. The van der Waals surface area contributed by atoms with Crippen LogP contribution < -0.4 is 10.9 Å². The molecule has 2 N–H and O–H groups in total. The second kappa shape index (κ2) is 4.88. The number of hydrazine groups is 1. The van der Waals surface area contributed by atoms with Gasteiger partial charge in [-0.05, 0) is 24.1 Å². The molecule has 0 saturated carbocycles. The van der Waals surface area contributed by atoms with E-state index in [0.29, 0.717) is 16.0 Å². The molecule has 0 fully saturated rings. The number of rotatable bonds is 2. The fourth-order valence-electron chi connectivity index (χ4n) is 1.83. The van der Waals surface area contributed by atoms with Crippen LogP contribution in [0.5, 0.6) is 0 Å². The molecule has 1 aromatic carbocycles. The number of halogens is 1. The van der Waals surface area contributed by atoms with E-state index in [9.17, 15) is 8.42 Å². The molecule has 1 aliphatic rings. The third-order valence-corrected chi connectivity index (χ3v) is 5.13. The van der Waals surface area contributed by atoms with E-state index in [1.165, 1.54) is 11.1 Å². The van der Waals surface area contributed by atoms with Gasteiger partial charge in [0.1, 0.15) is 10.7 Å². The maximum absolute atomic E-state index is 12.2. The molecule has 0 spiro atoms. The molecule has 7 heteroatoms. The molecular weight excluding hydrogens is 330 g/mol. The van der Waals surface area contributed by atoms with E-state index in [-0.39, 0.29) is 16.7 Å². The number of amidine groups is 1. The van der Waals surface area contributed by atoms with Gasteiger partial charge in [-0.1, -0.05) is 36.7 Å². The standard InChI is InChI=1S/C12H16BrN3O2S/c1-7(2)8(3)12-15-19(17,18)11-6-9(13)4-5-10(11)16(12)14/h4-8H,14H2,1-3H3. The number of benzene rings is 1. The van der Waals surface area contributed by atoms with E-state index in [1.54, 1.807) is 12.1 Å². The summed E-state index contributed by atoms with van der Waals surface area (Å²) in [6, 6.07) is 4.96. The number of nitrogens with zero attached hydrogens (tertiary/aromatic N) is 2. The Balaban J connectivity index is 2.62. The quantitative estimate of drug-likeness (QED) is 0.835. The average Bonchev–Trinajstić information content (AvgIpc) is 2.33. The van der Waals surface area contributed by atoms with Crippen LogP contribution in [0.3, 0.4) is 0 Å². The van der Waals surface area contributed by atoms with Crippen LogP contribution in [0.15, 0.2) is 32.0 Å². The number of nitrogens with two attached hydrogens (primary N) is 1. The van der Waals surface area contributed by atoms with Gasteiger partial charge in [-0.15, -0.1) is 4.40 Å². The molecule has 19 heavy (non-hydrogen) atoms. The van der Waals surface area contributed by atoms with Crippen molar-refractivity contribution in [1.82, 2.24) is 0 Å². The van der Waals surface area contributed by atoms with Crippen molar-refractivity contribution in [2.24, 2.45) is 22.1 Å². The summed E-state index contributed by atoms with van der Waals surface area (Å²) in [6.45, 7) is 5.93. The van der Waals surface area contributed by atoms with Crippen LogP contribution in [0.2, 0.25) is 0 Å². The molecule has 1 unspecified atom stereocenters. The van der Waals surface area contributed by atoms with Gasteiger partial charge in [0.15, 0.2) is 0 Å². The molecule has 0 amide bonds. The molecule has 0 saturated heterocycles. The molecular formula is C12H16BrN3O2S. The second-order valence-electron chi connectivity index (χ2n) is 4.94. The topological polar surface area (TPSA) is 75.8 Å². The Morgan fingerprint density at radius 3 is 2.53 bits per heavy atom. The van der Waals surface area contributed by atoms with Gasteiger partial charge < -0.3 is 0 Å². The van der Waals surface area contributed by atoms with Gasteiger partial charge in [0.2, 0.25) is 0 Å². The lowest BCUT2D eigenvalue weighted by Gasteiger charge is -2.31. The molecule has 1 heterocycles. The van der Waals surface area contributed by atoms with Gasteiger partial charge in [-0.25, -0.2) is 5.84 Å². The number of anilines is 1. The molecule has 0 bridgehead atoms. The van der Waals surface area contributed by atoms with Crippen molar-refractivity contribution in [3.63, 3.8) is 0 Å². The van der Waals surface area contributed by atoms with E-state index in [4.69, 9.17) is 5.84 Å². The van der Waals surface area contributed by atoms with Crippen LogP contribution in [0.25, 0.3) is 0 Å². The normalized spacial score (nSPS) is 19.1. The summed E-state index contributed by atoms with van der Waals surface area (Å²) < 4.78 is 29.0. The summed E-state index contributed by atoms with van der Waals surface area (Å²) in [4.78, 5) is 0.129. The van der Waals surface area contributed by atoms with Gasteiger partial charge in [0, 0.05) is 10.4 Å². The van der Waals surface area contributed by atoms with Gasteiger partial charge in [0.25, 0.3) is 10.0 Å². The maximum Gasteiger partial charge on any atom is 0.286 e. The van der Waals surface area contributed by atoms with Crippen LogP contribution in [0.4, 0.5) is 5.69 Å². The van der Waals surface area contributed by atoms with Crippen molar-refractivity contribution in [2.45, 2.75) is 25.7 Å². The summed E-state index contributed by atoms with van der Waals surface area (Å²) in [5.41, 5.74) is 0.459. The van der Waals surface area contributed by atoms with Crippen LogP contribution in [-0.2, 0) is 10.0 Å². The highest BCUT2D eigenvalue weighted by molar-refractivity contribution is 9.10. The molecule has 1 aliphatic heterocycles. The molecule has 104 valence electrons. The van der Waals surface area contributed by atoms with E-state index in [1.807, 2.05) is 20.8 Å². The first-order valence-corrected chi connectivity index (χ1v) is 8.16. The van der Waals surface area contributed by atoms with Crippen LogP contribution in [0.1, 0.15) is 20.8 Å². The predicted octanol–water partition coefficient (Wildman–Crippen LogP) is 2.52. The van der Waals surface area contributed by atoms with Gasteiger partial charge in [-0.3, -0.25) is 5.01 Å². The lowest BCUT2D eigenvalue weighted by atomic mass is 9.96. The molecule has 1 aromatic rings. The molecule has 5 nitrogen and oxygen atoms in total. The summed E-state index contributed by atoms with van der Waals surface area (Å²) in [5, 5.41) is 1.37. The van der Waals surface area contributed by atoms with Crippen LogP contribution in [-0.4, -0.2) is 14.3 Å². The number of hydrogen-bond donors (Lipinski definition) is 1. The zero-order valence-electron chi connectivity index (χ0n) is 11.0. The highest BCUT2D eigenvalue weighted by Gasteiger charge is 2.32. The Bertz CT molecular complexity index is 640. The van der Waals surface area contributed by atoms with Gasteiger partial charge in [-0.2, -0.15) is 8.42 Å². The minimum absolute atomic E-state index is 0.0448. The molecule has 0 radical (unpaired) electrons. The molecule has 0 aromatic heterocycles. The first-order chi connectivity index (χ1) is 8.74. The third-order valence-electron chi connectivity index (χ3n) is 3.33. The monoisotopic (exact) mass is 345 g/mol. The fourth-order valence-corrected chi connectivity index (χ4v) is 3.65. The Hall–Kier alpha value is -0.920. The Morgan fingerprint density at radius 1 is 1.32 bits per heavy atom. The highest BCUT2D eigenvalue weighted by Crippen LogP contribution is 2.34. The largest absolute Gasteiger partial charge is 0.286 e. The molecule has 0 aliphatic carbocycles. The molecule has 1 atom stereocenters. The number of fused-ring (bicyclic) bond motifs is 1. The van der Waals surface area contributed by atoms with Crippen molar-refractivity contribution >= 4 is 37.5 Å². The van der Waals surface area contributed by atoms with Crippen LogP contribution in [0, 0.1) is 11.8 Å². The Morgan fingerprint density at radius 2 is 1.95 bits per heavy atom. The second-order valence-corrected chi connectivity index (χ2v) is 7.43. The summed E-state index contributed by atoms with van der Waals surface area (Å²) in [7, 11) is -3.69. The summed E-state index contributed by atoms with van der Waals surface area (Å²) >= 11 is 3.26. The highest BCUT2D eigenvalue weighted by atomic mass is 79.9. The SMILES string of the molecule is CC(C)C(C)C1=NS(=O)(=O)c2cc(Br)ccc2N1N. The Labute approximate surface area is 121 Å². The summed E-state index contributed by atoms with van der Waals surface area (Å²) in [5.74, 6) is 6.61. The van der Waals surface area contributed by atoms with Crippen LogP contribution >= 0.6 is 15.9 Å². The van der Waals surface area contributed by atoms with Crippen molar-refractivity contribution in [1.29, 1.82) is 0 Å². The third kappa shape index (κ3) is 2.54. The van der Waals surface area contributed by atoms with Crippen molar-refractivity contribution in [2.75, 3.05) is 5.01 Å². The lowest BCUT2D eigenvalue weighted by molar-refractivity contribution is 0.523. The first-order valence-electron chi connectivity index (χ1n) is 5.93.